The number of morpholine rings is 1. The summed E-state index contributed by atoms with van der Waals surface area (Å²) in [4.78, 5) is 7.27. The highest BCUT2D eigenvalue weighted by Gasteiger charge is 2.12. The molecule has 0 aliphatic carbocycles. The predicted octanol–water partition coefficient (Wildman–Crippen LogP) is 2.56. The molecule has 1 aliphatic rings. The lowest BCUT2D eigenvalue weighted by atomic mass is 10.1. The standard InChI is InChI=1S/C22H34N6O.HI/c1-3-23-22(24-10-6-7-19-15-26-27(2)17-19)25-16-20-8-4-5-9-21(20)18-28-11-13-29-14-12-28;/h4-5,8-9,15,17H,3,6-7,10-14,16,18H2,1-2H3,(H2,23,24,25);1H. The maximum absolute atomic E-state index is 5.46. The van der Waals surface area contributed by atoms with Crippen molar-refractivity contribution in [1.29, 1.82) is 0 Å². The third-order valence-corrected chi connectivity index (χ3v) is 5.06. The molecule has 1 aromatic heterocycles. The average molecular weight is 526 g/mol. The number of guanidine groups is 1. The van der Waals surface area contributed by atoms with Crippen LogP contribution in [0, 0.1) is 0 Å². The van der Waals surface area contributed by atoms with E-state index in [2.05, 4.69) is 58.0 Å². The highest BCUT2D eigenvalue weighted by Crippen LogP contribution is 2.14. The number of benzene rings is 1. The van der Waals surface area contributed by atoms with Crippen LogP contribution in [0.3, 0.4) is 0 Å². The second-order valence-corrected chi connectivity index (χ2v) is 7.40. The van der Waals surface area contributed by atoms with Crippen LogP contribution in [0.1, 0.15) is 30.0 Å². The van der Waals surface area contributed by atoms with Gasteiger partial charge in [-0.05, 0) is 36.5 Å². The normalized spacial score (nSPS) is 14.9. The van der Waals surface area contributed by atoms with Crippen molar-refractivity contribution in [2.45, 2.75) is 32.9 Å². The van der Waals surface area contributed by atoms with Crippen LogP contribution in [-0.4, -0.2) is 60.0 Å². The molecule has 0 spiro atoms. The quantitative estimate of drug-likeness (QED) is 0.228. The molecule has 0 saturated carbocycles. The minimum Gasteiger partial charge on any atom is -0.379 e. The van der Waals surface area contributed by atoms with Gasteiger partial charge in [0, 0.05) is 46.0 Å². The van der Waals surface area contributed by atoms with Crippen LogP contribution in [0.5, 0.6) is 0 Å². The Labute approximate surface area is 197 Å². The van der Waals surface area contributed by atoms with E-state index in [1.54, 1.807) is 0 Å². The fourth-order valence-electron chi connectivity index (χ4n) is 3.47. The summed E-state index contributed by atoms with van der Waals surface area (Å²) in [7, 11) is 1.95. The van der Waals surface area contributed by atoms with Crippen molar-refractivity contribution in [3.05, 3.63) is 53.3 Å². The zero-order chi connectivity index (χ0) is 20.3. The Bertz CT molecular complexity index is 772. The third kappa shape index (κ3) is 8.23. The van der Waals surface area contributed by atoms with Crippen molar-refractivity contribution in [3.8, 4) is 0 Å². The van der Waals surface area contributed by atoms with E-state index in [4.69, 9.17) is 9.73 Å². The Balaban J connectivity index is 0.00000320. The molecule has 30 heavy (non-hydrogen) atoms. The first-order valence-corrected chi connectivity index (χ1v) is 10.6. The van der Waals surface area contributed by atoms with Gasteiger partial charge >= 0.3 is 0 Å². The number of ether oxygens (including phenoxy) is 1. The van der Waals surface area contributed by atoms with E-state index in [-0.39, 0.29) is 24.0 Å². The van der Waals surface area contributed by atoms with Gasteiger partial charge in [0.05, 0.1) is 26.0 Å². The molecule has 7 nitrogen and oxygen atoms in total. The van der Waals surface area contributed by atoms with Crippen LogP contribution in [0.25, 0.3) is 0 Å². The van der Waals surface area contributed by atoms with Crippen LogP contribution in [-0.2, 0) is 31.3 Å². The van der Waals surface area contributed by atoms with Crippen LogP contribution < -0.4 is 10.6 Å². The molecular formula is C22H35IN6O. The van der Waals surface area contributed by atoms with E-state index in [9.17, 15) is 0 Å². The molecule has 0 atom stereocenters. The number of aliphatic imine (C=N–C) groups is 1. The number of hydrogen-bond acceptors (Lipinski definition) is 4. The molecule has 1 aromatic carbocycles. The molecular weight excluding hydrogens is 491 g/mol. The summed E-state index contributed by atoms with van der Waals surface area (Å²) in [6.07, 6.45) is 6.07. The van der Waals surface area contributed by atoms with Gasteiger partial charge in [-0.2, -0.15) is 5.10 Å². The van der Waals surface area contributed by atoms with Crippen molar-refractivity contribution in [2.24, 2.45) is 12.0 Å². The number of halogens is 1. The van der Waals surface area contributed by atoms with Gasteiger partial charge < -0.3 is 15.4 Å². The maximum atomic E-state index is 5.46. The fourth-order valence-corrected chi connectivity index (χ4v) is 3.47. The monoisotopic (exact) mass is 526 g/mol. The summed E-state index contributed by atoms with van der Waals surface area (Å²) in [5.41, 5.74) is 3.91. The molecule has 8 heteroatoms. The molecule has 2 aromatic rings. The molecule has 2 N–H and O–H groups in total. The van der Waals surface area contributed by atoms with E-state index in [0.29, 0.717) is 6.54 Å². The second-order valence-electron chi connectivity index (χ2n) is 7.40. The molecule has 1 aliphatic heterocycles. The summed E-state index contributed by atoms with van der Waals surface area (Å²) >= 11 is 0. The Morgan fingerprint density at radius 1 is 1.17 bits per heavy atom. The molecule has 0 radical (unpaired) electrons. The van der Waals surface area contributed by atoms with Gasteiger partial charge in [-0.25, -0.2) is 4.99 Å². The predicted molar refractivity (Wildman–Crippen MR) is 132 cm³/mol. The zero-order valence-electron chi connectivity index (χ0n) is 18.1. The van der Waals surface area contributed by atoms with Crippen LogP contribution >= 0.6 is 24.0 Å². The minimum absolute atomic E-state index is 0. The van der Waals surface area contributed by atoms with E-state index in [1.807, 2.05) is 17.9 Å². The molecule has 2 heterocycles. The number of rotatable bonds is 9. The van der Waals surface area contributed by atoms with Crippen molar-refractivity contribution < 1.29 is 4.74 Å². The molecule has 1 saturated heterocycles. The summed E-state index contributed by atoms with van der Waals surface area (Å²) in [5, 5.41) is 11.0. The topological polar surface area (TPSA) is 66.7 Å². The van der Waals surface area contributed by atoms with Crippen molar-refractivity contribution in [2.75, 3.05) is 39.4 Å². The number of nitrogens with zero attached hydrogens (tertiary/aromatic N) is 4. The lowest BCUT2D eigenvalue weighted by molar-refractivity contribution is 0.0341. The van der Waals surface area contributed by atoms with E-state index < -0.39 is 0 Å². The zero-order valence-corrected chi connectivity index (χ0v) is 20.5. The van der Waals surface area contributed by atoms with Gasteiger partial charge in [0.25, 0.3) is 0 Å². The Morgan fingerprint density at radius 3 is 2.63 bits per heavy atom. The first kappa shape index (κ1) is 24.6. The largest absolute Gasteiger partial charge is 0.379 e. The minimum atomic E-state index is 0. The molecule has 1 fully saturated rings. The van der Waals surface area contributed by atoms with Crippen molar-refractivity contribution in [3.63, 3.8) is 0 Å². The van der Waals surface area contributed by atoms with E-state index >= 15 is 0 Å². The Morgan fingerprint density at radius 2 is 1.93 bits per heavy atom. The molecule has 0 amide bonds. The Hall–Kier alpha value is -1.65. The van der Waals surface area contributed by atoms with Gasteiger partial charge in [-0.1, -0.05) is 24.3 Å². The first-order valence-electron chi connectivity index (χ1n) is 10.6. The summed E-state index contributed by atoms with van der Waals surface area (Å²) < 4.78 is 7.31. The molecule has 166 valence electrons. The van der Waals surface area contributed by atoms with Crippen molar-refractivity contribution >= 4 is 29.9 Å². The summed E-state index contributed by atoms with van der Waals surface area (Å²) in [6, 6.07) is 8.62. The highest BCUT2D eigenvalue weighted by molar-refractivity contribution is 14.0. The van der Waals surface area contributed by atoms with Gasteiger partial charge in [-0.3, -0.25) is 9.58 Å². The number of hydrogen-bond donors (Lipinski definition) is 2. The first-order chi connectivity index (χ1) is 14.2. The molecule has 3 rings (SSSR count). The smallest absolute Gasteiger partial charge is 0.191 e. The third-order valence-electron chi connectivity index (χ3n) is 5.06. The SMILES string of the molecule is CCNC(=NCc1ccccc1CN1CCOCC1)NCCCc1cnn(C)c1.I. The van der Waals surface area contributed by atoms with Crippen LogP contribution in [0.2, 0.25) is 0 Å². The van der Waals surface area contributed by atoms with Gasteiger partial charge in [0.2, 0.25) is 0 Å². The maximum Gasteiger partial charge on any atom is 0.191 e. The molecule has 0 unspecified atom stereocenters. The van der Waals surface area contributed by atoms with Gasteiger partial charge in [0.1, 0.15) is 0 Å². The van der Waals surface area contributed by atoms with Crippen LogP contribution in [0.15, 0.2) is 41.7 Å². The summed E-state index contributed by atoms with van der Waals surface area (Å²) in [6.45, 7) is 9.13. The van der Waals surface area contributed by atoms with Crippen molar-refractivity contribution in [1.82, 2.24) is 25.3 Å². The average Bonchev–Trinajstić information content (AvgIpc) is 3.16. The van der Waals surface area contributed by atoms with Gasteiger partial charge in [0.15, 0.2) is 5.96 Å². The van der Waals surface area contributed by atoms with Gasteiger partial charge in [-0.15, -0.1) is 24.0 Å². The van der Waals surface area contributed by atoms with E-state index in [1.165, 1.54) is 16.7 Å². The second kappa shape index (κ2) is 13.6. The number of nitrogens with one attached hydrogen (secondary N) is 2. The molecule has 0 bridgehead atoms. The Kier molecular flexibility index (Phi) is 11.2. The fraction of sp³-hybridized carbons (Fsp3) is 0.545. The number of aryl methyl sites for hydroxylation is 2. The number of aromatic nitrogens is 2. The lowest BCUT2D eigenvalue weighted by Crippen LogP contribution is -2.38. The van der Waals surface area contributed by atoms with E-state index in [0.717, 1.165) is 64.7 Å². The highest BCUT2D eigenvalue weighted by atomic mass is 127. The summed E-state index contributed by atoms with van der Waals surface area (Å²) in [5.74, 6) is 0.875. The lowest BCUT2D eigenvalue weighted by Gasteiger charge is -2.27. The van der Waals surface area contributed by atoms with Crippen LogP contribution in [0.4, 0.5) is 0 Å².